The molecular formula is C28H66O9Si7. The molecule has 0 saturated carbocycles. The molecule has 0 aromatic carbocycles. The molecule has 9 nitrogen and oxygen atoms in total. The molecule has 0 aromatic heterocycles. The van der Waals surface area contributed by atoms with E-state index in [2.05, 4.69) is 96.9 Å². The second-order valence-electron chi connectivity index (χ2n) is 16.3. The van der Waals surface area contributed by atoms with Crippen LogP contribution >= 0.6 is 0 Å². The molecule has 0 amide bonds. The summed E-state index contributed by atoms with van der Waals surface area (Å²) >= 11 is 0. The van der Waals surface area contributed by atoms with E-state index in [0.717, 1.165) is 18.1 Å². The maximum Gasteiger partial charge on any atom is 0.479 e. The first-order valence-corrected chi connectivity index (χ1v) is 30.4. The van der Waals surface area contributed by atoms with Crippen LogP contribution in [-0.4, -0.2) is 63.1 Å². The zero-order valence-electron chi connectivity index (χ0n) is 30.4. The highest BCUT2D eigenvalue weighted by Gasteiger charge is 2.70. The van der Waals surface area contributed by atoms with Gasteiger partial charge < -0.3 is 37.0 Å². The van der Waals surface area contributed by atoms with E-state index < -0.39 is 63.1 Å². The molecule has 3 rings (SSSR count). The Kier molecular flexibility index (Phi) is 14.6. The lowest BCUT2D eigenvalue weighted by Gasteiger charge is -2.55. The van der Waals surface area contributed by atoms with Crippen LogP contribution in [-0.2, 0) is 37.0 Å². The molecule has 3 saturated heterocycles. The van der Waals surface area contributed by atoms with E-state index in [1.54, 1.807) is 0 Å². The molecule has 0 spiro atoms. The molecular weight excluding hydrogens is 677 g/mol. The highest BCUT2D eigenvalue weighted by molar-refractivity contribution is 6.95. The topological polar surface area (TPSA) is 83.1 Å². The summed E-state index contributed by atoms with van der Waals surface area (Å²) in [6.45, 7) is 31.1. The maximum absolute atomic E-state index is 7.54. The van der Waals surface area contributed by atoms with Crippen LogP contribution in [0.15, 0.2) is 0 Å². The fraction of sp³-hybridized carbons (Fsp3) is 1.00. The van der Waals surface area contributed by atoms with E-state index in [4.69, 9.17) is 37.0 Å². The van der Waals surface area contributed by atoms with Crippen LogP contribution in [0.5, 0.6) is 0 Å². The molecule has 260 valence electrons. The maximum atomic E-state index is 7.54. The van der Waals surface area contributed by atoms with Gasteiger partial charge in [-0.2, -0.15) is 0 Å². The van der Waals surface area contributed by atoms with E-state index in [9.17, 15) is 0 Å². The van der Waals surface area contributed by atoms with Gasteiger partial charge in [0.15, 0.2) is 0 Å². The van der Waals surface area contributed by atoms with Gasteiger partial charge in [0, 0.05) is 24.2 Å². The molecule has 0 aromatic rings. The fourth-order valence-corrected chi connectivity index (χ4v) is 43.9. The average molecular weight is 743 g/mol. The van der Waals surface area contributed by atoms with Crippen LogP contribution in [0.3, 0.4) is 0 Å². The van der Waals surface area contributed by atoms with Crippen molar-refractivity contribution in [2.24, 2.45) is 41.4 Å². The molecule has 3 aliphatic heterocycles. The monoisotopic (exact) mass is 742 g/mol. The summed E-state index contributed by atoms with van der Waals surface area (Å²) in [5.74, 6) is 2.32. The standard InChI is InChI=1S/C28H66O9Si7/c1-22(2)15-38-29-41(18-25(7)8)31-39(16-23(3)4)33-43(20-27(11)12)34-40(17-24(5)6)32-42(30-38,19-26(9)10)36-44(35-41,37-43)21-28(13)14/h22-28,38-40H,15-21H2,1-14H3. The molecule has 3 fully saturated rings. The van der Waals surface area contributed by atoms with Crippen LogP contribution < -0.4 is 0 Å². The van der Waals surface area contributed by atoms with Crippen LogP contribution in [0.4, 0.5) is 0 Å². The van der Waals surface area contributed by atoms with Gasteiger partial charge in [-0.05, 0) is 59.6 Å². The largest absolute Gasteiger partial charge is 0.479 e. The first-order valence-electron chi connectivity index (χ1n) is 17.4. The Morgan fingerprint density at radius 3 is 0.705 bits per heavy atom. The zero-order valence-corrected chi connectivity index (χ0v) is 37.9. The normalized spacial score (nSPS) is 36.9. The minimum atomic E-state index is -3.58. The van der Waals surface area contributed by atoms with Crippen LogP contribution in [0, 0.1) is 41.4 Å². The van der Waals surface area contributed by atoms with Crippen molar-refractivity contribution in [2.45, 2.75) is 139 Å². The van der Waals surface area contributed by atoms with Gasteiger partial charge in [0.25, 0.3) is 0 Å². The highest BCUT2D eigenvalue weighted by atomic mass is 28.6. The van der Waals surface area contributed by atoms with Crippen molar-refractivity contribution < 1.29 is 37.0 Å². The van der Waals surface area contributed by atoms with Gasteiger partial charge in [-0.3, -0.25) is 0 Å². The number of fused-ring (bicyclic) bond motifs is 3. The quantitative estimate of drug-likeness (QED) is 0.172. The van der Waals surface area contributed by atoms with Gasteiger partial charge in [-0.1, -0.05) is 96.9 Å². The Morgan fingerprint density at radius 1 is 0.318 bits per heavy atom. The Morgan fingerprint density at radius 2 is 0.523 bits per heavy atom. The van der Waals surface area contributed by atoms with Crippen molar-refractivity contribution in [3.8, 4) is 0 Å². The Balaban J connectivity index is 2.36. The van der Waals surface area contributed by atoms with E-state index in [1.807, 2.05) is 0 Å². The predicted molar refractivity (Wildman–Crippen MR) is 192 cm³/mol. The number of rotatable bonds is 14. The third-order valence-corrected chi connectivity index (χ3v) is 39.1. The predicted octanol–water partition coefficient (Wildman–Crippen LogP) is 7.19. The third-order valence-electron chi connectivity index (χ3n) is 7.42. The Bertz CT molecular complexity index is 773. The van der Waals surface area contributed by atoms with Gasteiger partial charge in [0.2, 0.25) is 0 Å². The minimum Gasteiger partial charge on any atom is -0.397 e. The zero-order chi connectivity index (χ0) is 33.1. The van der Waals surface area contributed by atoms with E-state index in [-0.39, 0.29) is 5.92 Å². The van der Waals surface area contributed by atoms with E-state index in [0.29, 0.717) is 59.7 Å². The lowest BCUT2D eigenvalue weighted by Crippen LogP contribution is -2.78. The van der Waals surface area contributed by atoms with Crippen LogP contribution in [0.25, 0.3) is 0 Å². The van der Waals surface area contributed by atoms with Gasteiger partial charge >= 0.3 is 63.1 Å². The van der Waals surface area contributed by atoms with E-state index in [1.165, 1.54) is 0 Å². The van der Waals surface area contributed by atoms with Crippen molar-refractivity contribution in [3.63, 3.8) is 0 Å². The van der Waals surface area contributed by atoms with Crippen molar-refractivity contribution >= 4 is 63.1 Å². The molecule has 0 radical (unpaired) electrons. The summed E-state index contributed by atoms with van der Waals surface area (Å²) in [5.41, 5.74) is 0. The Labute approximate surface area is 279 Å². The SMILES string of the molecule is CC(C)C[SiH]1O[Si]2(CC(C)C)O[SiH](CC(C)C)O[Si]3(CC(C)C)O[SiH](CC(C)C)O[Si](CC(C)C)(O1)O[Si](CC(C)C)(O2)O3. The average Bonchev–Trinajstić information content (AvgIpc) is 2.72. The second kappa shape index (κ2) is 16.2. The molecule has 16 heteroatoms. The van der Waals surface area contributed by atoms with Crippen molar-refractivity contribution in [1.29, 1.82) is 0 Å². The van der Waals surface area contributed by atoms with Gasteiger partial charge in [0.1, 0.15) is 0 Å². The Hall–Kier alpha value is 1.16. The van der Waals surface area contributed by atoms with Gasteiger partial charge in [-0.25, -0.2) is 0 Å². The summed E-state index contributed by atoms with van der Waals surface area (Å²) in [6.07, 6.45) is 0. The summed E-state index contributed by atoms with van der Waals surface area (Å²) in [6, 6.07) is 5.18. The molecule has 0 atom stereocenters. The molecule has 44 heavy (non-hydrogen) atoms. The minimum absolute atomic E-state index is 0.248. The summed E-state index contributed by atoms with van der Waals surface area (Å²) in [5, 5.41) is 0. The van der Waals surface area contributed by atoms with Gasteiger partial charge in [0.05, 0.1) is 0 Å². The lowest BCUT2D eigenvalue weighted by atomic mass is 10.3. The first kappa shape index (κ1) is 39.6. The van der Waals surface area contributed by atoms with Crippen LogP contribution in [0.2, 0.25) is 42.3 Å². The molecule has 4 bridgehead atoms. The van der Waals surface area contributed by atoms with Crippen molar-refractivity contribution in [2.75, 3.05) is 0 Å². The molecule has 0 unspecified atom stereocenters. The van der Waals surface area contributed by atoms with Crippen LogP contribution in [0.1, 0.15) is 96.9 Å². The highest BCUT2D eigenvalue weighted by Crippen LogP contribution is 2.46. The lowest BCUT2D eigenvalue weighted by molar-refractivity contribution is 0.0510. The second-order valence-corrected chi connectivity index (χ2v) is 35.5. The number of hydrogen-bond donors (Lipinski definition) is 0. The molecule has 3 heterocycles. The number of hydrogen-bond acceptors (Lipinski definition) is 9. The molecule has 3 aliphatic rings. The van der Waals surface area contributed by atoms with Crippen molar-refractivity contribution in [3.05, 3.63) is 0 Å². The van der Waals surface area contributed by atoms with Crippen molar-refractivity contribution in [1.82, 2.24) is 0 Å². The summed E-state index contributed by atoms with van der Waals surface area (Å²) in [4.78, 5) is 0. The van der Waals surface area contributed by atoms with E-state index >= 15 is 0 Å². The fourth-order valence-electron chi connectivity index (χ4n) is 6.26. The molecule has 0 N–H and O–H groups in total. The third kappa shape index (κ3) is 11.6. The smallest absolute Gasteiger partial charge is 0.397 e. The summed E-state index contributed by atoms with van der Waals surface area (Å²) < 4.78 is 66.7. The van der Waals surface area contributed by atoms with Gasteiger partial charge in [-0.15, -0.1) is 0 Å². The first-order chi connectivity index (χ1) is 20.3. The molecule has 0 aliphatic carbocycles. The summed E-state index contributed by atoms with van der Waals surface area (Å²) in [7, 11) is -20.8.